The molecular weight excluding hydrogens is 362 g/mol. The van der Waals surface area contributed by atoms with Crippen LogP contribution in [0, 0.1) is 20.8 Å². The fourth-order valence-corrected chi connectivity index (χ4v) is 3.75. The van der Waals surface area contributed by atoms with Crippen LogP contribution in [0.4, 0.5) is 5.69 Å². The van der Waals surface area contributed by atoms with Gasteiger partial charge < -0.3 is 15.0 Å². The smallest absolute Gasteiger partial charge is 0.238 e. The van der Waals surface area contributed by atoms with Crippen LogP contribution >= 0.6 is 0 Å². The summed E-state index contributed by atoms with van der Waals surface area (Å²) in [6.45, 7) is 12.2. The molecule has 0 atom stereocenters. The van der Waals surface area contributed by atoms with Crippen LogP contribution in [-0.2, 0) is 4.79 Å². The largest absolute Gasteiger partial charge is 0.494 e. The molecule has 1 N–H and O–H groups in total. The molecule has 1 saturated heterocycles. The number of aryl methyl sites for hydroxylation is 3. The number of rotatable bonds is 8. The van der Waals surface area contributed by atoms with Gasteiger partial charge in [-0.2, -0.15) is 0 Å². The molecule has 0 spiro atoms. The first kappa shape index (κ1) is 21.3. The van der Waals surface area contributed by atoms with Gasteiger partial charge in [0, 0.05) is 38.4 Å². The highest BCUT2D eigenvalue weighted by molar-refractivity contribution is 5.93. The number of hydrogen-bond acceptors (Lipinski definition) is 4. The predicted molar refractivity (Wildman–Crippen MR) is 119 cm³/mol. The van der Waals surface area contributed by atoms with E-state index in [4.69, 9.17) is 4.74 Å². The van der Waals surface area contributed by atoms with E-state index in [2.05, 4.69) is 34.2 Å². The zero-order valence-corrected chi connectivity index (χ0v) is 17.9. The minimum atomic E-state index is 0.0717. The normalized spacial score (nSPS) is 15.3. The minimum absolute atomic E-state index is 0.0717. The van der Waals surface area contributed by atoms with E-state index in [0.29, 0.717) is 6.54 Å². The predicted octanol–water partition coefficient (Wildman–Crippen LogP) is 3.64. The molecule has 1 aliphatic heterocycles. The second-order valence-electron chi connectivity index (χ2n) is 7.95. The summed E-state index contributed by atoms with van der Waals surface area (Å²) in [5.74, 6) is 1.02. The number of ether oxygens (including phenoxy) is 1. The Hall–Kier alpha value is -2.37. The molecule has 1 aliphatic rings. The fourth-order valence-electron chi connectivity index (χ4n) is 3.75. The Labute approximate surface area is 174 Å². The van der Waals surface area contributed by atoms with E-state index in [0.717, 1.165) is 68.3 Å². The van der Waals surface area contributed by atoms with Crippen LogP contribution < -0.4 is 10.1 Å². The maximum Gasteiger partial charge on any atom is 0.238 e. The Kier molecular flexibility index (Phi) is 7.67. The molecule has 29 heavy (non-hydrogen) atoms. The number of anilines is 1. The number of amides is 1. The lowest BCUT2D eigenvalue weighted by molar-refractivity contribution is -0.117. The first-order valence-electron chi connectivity index (χ1n) is 10.5. The van der Waals surface area contributed by atoms with Crippen molar-refractivity contribution in [3.63, 3.8) is 0 Å². The van der Waals surface area contributed by atoms with Crippen molar-refractivity contribution in [3.8, 4) is 5.75 Å². The summed E-state index contributed by atoms with van der Waals surface area (Å²) in [5.41, 5.74) is 4.39. The molecule has 156 valence electrons. The van der Waals surface area contributed by atoms with Crippen molar-refractivity contribution in [1.29, 1.82) is 0 Å². The van der Waals surface area contributed by atoms with Gasteiger partial charge in [0.2, 0.25) is 5.91 Å². The highest BCUT2D eigenvalue weighted by atomic mass is 16.5. The maximum absolute atomic E-state index is 12.5. The van der Waals surface area contributed by atoms with Gasteiger partial charge in [0.1, 0.15) is 5.75 Å². The molecule has 1 heterocycles. The molecule has 1 amide bonds. The number of nitrogens with one attached hydrogen (secondary N) is 1. The van der Waals surface area contributed by atoms with E-state index in [-0.39, 0.29) is 5.91 Å². The summed E-state index contributed by atoms with van der Waals surface area (Å²) in [6.07, 6.45) is 1.01. The Balaban J connectivity index is 1.33. The van der Waals surface area contributed by atoms with E-state index in [1.807, 2.05) is 44.2 Å². The third-order valence-corrected chi connectivity index (χ3v) is 5.45. The first-order valence-corrected chi connectivity index (χ1v) is 10.5. The fraction of sp³-hybridized carbons (Fsp3) is 0.458. The summed E-state index contributed by atoms with van der Waals surface area (Å²) < 4.78 is 5.84. The SMILES string of the molecule is Cc1cccc(OCCCN2CCN(CC(=O)Nc3c(C)cccc3C)CC2)c1. The highest BCUT2D eigenvalue weighted by Crippen LogP contribution is 2.19. The Morgan fingerprint density at radius 2 is 1.62 bits per heavy atom. The van der Waals surface area contributed by atoms with Crippen LogP contribution in [0.3, 0.4) is 0 Å². The van der Waals surface area contributed by atoms with Crippen molar-refractivity contribution >= 4 is 11.6 Å². The number of benzene rings is 2. The Bertz CT molecular complexity index is 793. The minimum Gasteiger partial charge on any atom is -0.494 e. The van der Waals surface area contributed by atoms with Crippen LogP contribution in [0.2, 0.25) is 0 Å². The third kappa shape index (κ3) is 6.58. The summed E-state index contributed by atoms with van der Waals surface area (Å²) in [7, 11) is 0. The zero-order chi connectivity index (χ0) is 20.6. The monoisotopic (exact) mass is 395 g/mol. The van der Waals surface area contributed by atoms with Crippen LogP contribution in [0.1, 0.15) is 23.1 Å². The van der Waals surface area contributed by atoms with Crippen molar-refractivity contribution in [1.82, 2.24) is 9.80 Å². The van der Waals surface area contributed by atoms with Gasteiger partial charge in [-0.05, 0) is 56.0 Å². The van der Waals surface area contributed by atoms with E-state index in [1.54, 1.807) is 0 Å². The molecule has 0 saturated carbocycles. The molecule has 0 radical (unpaired) electrons. The molecule has 0 bridgehead atoms. The average Bonchev–Trinajstić information content (AvgIpc) is 2.69. The van der Waals surface area contributed by atoms with Crippen molar-refractivity contribution in [2.24, 2.45) is 0 Å². The van der Waals surface area contributed by atoms with E-state index in [1.165, 1.54) is 5.56 Å². The molecule has 5 nitrogen and oxygen atoms in total. The molecule has 5 heteroatoms. The number of carbonyl (C=O) groups excluding carboxylic acids is 1. The second kappa shape index (κ2) is 10.4. The molecular formula is C24H33N3O2. The van der Waals surface area contributed by atoms with E-state index in [9.17, 15) is 4.79 Å². The van der Waals surface area contributed by atoms with Crippen molar-refractivity contribution in [3.05, 3.63) is 59.2 Å². The van der Waals surface area contributed by atoms with Crippen LogP contribution in [0.15, 0.2) is 42.5 Å². The number of carbonyl (C=O) groups is 1. The highest BCUT2D eigenvalue weighted by Gasteiger charge is 2.19. The summed E-state index contributed by atoms with van der Waals surface area (Å²) in [4.78, 5) is 17.1. The number of piperazine rings is 1. The van der Waals surface area contributed by atoms with Crippen LogP contribution in [-0.4, -0.2) is 61.6 Å². The quantitative estimate of drug-likeness (QED) is 0.693. The van der Waals surface area contributed by atoms with Gasteiger partial charge in [0.25, 0.3) is 0 Å². The average molecular weight is 396 g/mol. The molecule has 2 aromatic carbocycles. The number of para-hydroxylation sites is 1. The second-order valence-corrected chi connectivity index (χ2v) is 7.95. The molecule has 1 fully saturated rings. The first-order chi connectivity index (χ1) is 14.0. The van der Waals surface area contributed by atoms with Gasteiger partial charge >= 0.3 is 0 Å². The van der Waals surface area contributed by atoms with E-state index >= 15 is 0 Å². The van der Waals surface area contributed by atoms with Gasteiger partial charge in [0.15, 0.2) is 0 Å². The zero-order valence-electron chi connectivity index (χ0n) is 17.9. The van der Waals surface area contributed by atoms with Gasteiger partial charge in [-0.15, -0.1) is 0 Å². The number of hydrogen-bond donors (Lipinski definition) is 1. The van der Waals surface area contributed by atoms with Crippen molar-refractivity contribution in [2.75, 3.05) is 51.2 Å². The lowest BCUT2D eigenvalue weighted by Crippen LogP contribution is -2.48. The standard InChI is InChI=1S/C24H33N3O2/c1-19-7-4-10-22(17-19)29-16-6-11-26-12-14-27(15-13-26)18-23(28)25-24-20(2)8-5-9-21(24)3/h4-5,7-10,17H,6,11-16,18H2,1-3H3,(H,25,28). The van der Waals surface area contributed by atoms with Gasteiger partial charge in [-0.25, -0.2) is 0 Å². The topological polar surface area (TPSA) is 44.8 Å². The third-order valence-electron chi connectivity index (χ3n) is 5.45. The maximum atomic E-state index is 12.5. The van der Waals surface area contributed by atoms with Crippen molar-refractivity contribution in [2.45, 2.75) is 27.2 Å². The summed E-state index contributed by atoms with van der Waals surface area (Å²) in [5, 5.41) is 3.09. The molecule has 0 aliphatic carbocycles. The molecule has 0 aromatic heterocycles. The Morgan fingerprint density at radius 1 is 0.966 bits per heavy atom. The molecule has 3 rings (SSSR count). The lowest BCUT2D eigenvalue weighted by atomic mass is 10.1. The van der Waals surface area contributed by atoms with Gasteiger partial charge in [-0.1, -0.05) is 30.3 Å². The van der Waals surface area contributed by atoms with Crippen LogP contribution in [0.5, 0.6) is 5.75 Å². The van der Waals surface area contributed by atoms with Crippen molar-refractivity contribution < 1.29 is 9.53 Å². The molecule has 2 aromatic rings. The van der Waals surface area contributed by atoms with Crippen LogP contribution in [0.25, 0.3) is 0 Å². The Morgan fingerprint density at radius 3 is 2.31 bits per heavy atom. The van der Waals surface area contributed by atoms with Gasteiger partial charge in [0.05, 0.1) is 13.2 Å². The van der Waals surface area contributed by atoms with E-state index < -0.39 is 0 Å². The lowest BCUT2D eigenvalue weighted by Gasteiger charge is -2.34. The number of nitrogens with zero attached hydrogens (tertiary/aromatic N) is 2. The molecule has 0 unspecified atom stereocenters. The summed E-state index contributed by atoms with van der Waals surface area (Å²) in [6, 6.07) is 14.3. The summed E-state index contributed by atoms with van der Waals surface area (Å²) >= 11 is 0. The van der Waals surface area contributed by atoms with Gasteiger partial charge in [-0.3, -0.25) is 9.69 Å².